The molecule has 0 saturated carbocycles. The van der Waals surface area contributed by atoms with Crippen LogP contribution in [0.2, 0.25) is 0 Å². The molecule has 10 nitrogen and oxygen atoms in total. The Labute approximate surface area is 220 Å². The lowest BCUT2D eigenvalue weighted by atomic mass is 9.87. The number of H-pyrrole nitrogens is 1. The number of carbonyl (C=O) groups is 2. The van der Waals surface area contributed by atoms with Crippen LogP contribution in [-0.4, -0.2) is 49.4 Å². The van der Waals surface area contributed by atoms with Gasteiger partial charge in [0, 0.05) is 25.1 Å². The minimum absolute atomic E-state index is 0.0907. The highest BCUT2D eigenvalue weighted by molar-refractivity contribution is 5.92. The zero-order chi connectivity index (χ0) is 27.7. The summed E-state index contributed by atoms with van der Waals surface area (Å²) in [5.41, 5.74) is 0.432. The van der Waals surface area contributed by atoms with E-state index in [0.29, 0.717) is 29.4 Å². The van der Waals surface area contributed by atoms with E-state index in [4.69, 9.17) is 18.9 Å². The maximum Gasteiger partial charge on any atom is 0.343 e. The second-order valence-electron chi connectivity index (χ2n) is 8.24. The van der Waals surface area contributed by atoms with Crippen molar-refractivity contribution in [2.24, 2.45) is 0 Å². The molecule has 0 spiro atoms. The van der Waals surface area contributed by atoms with Gasteiger partial charge in [0.2, 0.25) is 5.91 Å². The Morgan fingerprint density at radius 2 is 1.74 bits per heavy atom. The molecule has 3 N–H and O–H groups in total. The summed E-state index contributed by atoms with van der Waals surface area (Å²) >= 11 is 0. The monoisotopic (exact) mass is 524 g/mol. The van der Waals surface area contributed by atoms with Gasteiger partial charge in [-0.25, -0.2) is 4.79 Å². The van der Waals surface area contributed by atoms with Crippen LogP contribution in [-0.2, 0) is 16.1 Å². The van der Waals surface area contributed by atoms with Crippen molar-refractivity contribution in [3.05, 3.63) is 81.3 Å². The number of hydrogen-bond donors (Lipinski definition) is 3. The molecule has 10 heteroatoms. The molecular formula is C28H32N2O8. The number of hydrogen-bond acceptors (Lipinski definition) is 8. The fourth-order valence-corrected chi connectivity index (χ4v) is 4.00. The number of esters is 1. The molecule has 0 aliphatic rings. The Kier molecular flexibility index (Phi) is 9.75. The van der Waals surface area contributed by atoms with Gasteiger partial charge in [-0.15, -0.1) is 0 Å². The summed E-state index contributed by atoms with van der Waals surface area (Å²) in [7, 11) is 3.07. The van der Waals surface area contributed by atoms with E-state index >= 15 is 0 Å². The molecule has 3 aromatic rings. The van der Waals surface area contributed by atoms with E-state index in [1.165, 1.54) is 7.11 Å². The first kappa shape index (κ1) is 28.1. The van der Waals surface area contributed by atoms with Crippen LogP contribution in [0.25, 0.3) is 0 Å². The average molecular weight is 525 g/mol. The molecule has 202 valence electrons. The standard InChI is InChI=1S/C28H32N2O8/c1-5-37-23-13-17(7-12-22(23)36-4)15-29-24(31)14-20(18-8-10-19(35-3)11-9-18)25-26(32)21(16-30-27(25)33)28(34)38-6-2/h7-13,16,20H,5-6,14-15H2,1-4H3,(H,29,31)(H2,30,32,33)/t20-/m1/s1. The van der Waals surface area contributed by atoms with E-state index in [9.17, 15) is 19.5 Å². The third kappa shape index (κ3) is 6.64. The van der Waals surface area contributed by atoms with Gasteiger partial charge in [0.15, 0.2) is 11.5 Å². The van der Waals surface area contributed by atoms with Gasteiger partial charge in [0.1, 0.15) is 17.1 Å². The first-order valence-corrected chi connectivity index (χ1v) is 12.1. The number of carbonyl (C=O) groups excluding carboxylic acids is 2. The van der Waals surface area contributed by atoms with E-state index in [-0.39, 0.29) is 36.6 Å². The fraction of sp³-hybridized carbons (Fsp3) is 0.321. The van der Waals surface area contributed by atoms with Crippen molar-refractivity contribution >= 4 is 11.9 Å². The summed E-state index contributed by atoms with van der Waals surface area (Å²) < 4.78 is 21.1. The summed E-state index contributed by atoms with van der Waals surface area (Å²) in [6.07, 6.45) is 0.924. The van der Waals surface area contributed by atoms with Gasteiger partial charge >= 0.3 is 5.97 Å². The molecule has 1 atom stereocenters. The summed E-state index contributed by atoms with van der Waals surface area (Å²) in [5, 5.41) is 13.8. The lowest BCUT2D eigenvalue weighted by Crippen LogP contribution is -2.27. The number of methoxy groups -OCH3 is 2. The van der Waals surface area contributed by atoms with Gasteiger partial charge in [0.05, 0.1) is 33.0 Å². The minimum atomic E-state index is -0.867. The number of amides is 1. The van der Waals surface area contributed by atoms with Crippen molar-refractivity contribution in [2.75, 3.05) is 27.4 Å². The minimum Gasteiger partial charge on any atom is -0.506 e. The molecule has 0 bridgehead atoms. The molecule has 38 heavy (non-hydrogen) atoms. The number of nitrogens with one attached hydrogen (secondary N) is 2. The van der Waals surface area contributed by atoms with Gasteiger partial charge in [-0.1, -0.05) is 18.2 Å². The smallest absolute Gasteiger partial charge is 0.343 e. The molecule has 0 radical (unpaired) electrons. The molecule has 3 rings (SSSR count). The maximum atomic E-state index is 13.1. The third-order valence-electron chi connectivity index (χ3n) is 5.87. The highest BCUT2D eigenvalue weighted by Crippen LogP contribution is 2.34. The predicted molar refractivity (Wildman–Crippen MR) is 140 cm³/mol. The number of benzene rings is 2. The highest BCUT2D eigenvalue weighted by atomic mass is 16.5. The van der Waals surface area contributed by atoms with Crippen molar-refractivity contribution in [1.29, 1.82) is 0 Å². The van der Waals surface area contributed by atoms with Gasteiger partial charge in [0.25, 0.3) is 5.56 Å². The van der Waals surface area contributed by atoms with E-state index in [2.05, 4.69) is 10.3 Å². The molecule has 1 amide bonds. The number of aromatic nitrogens is 1. The van der Waals surface area contributed by atoms with Gasteiger partial charge < -0.3 is 34.4 Å². The van der Waals surface area contributed by atoms with Crippen LogP contribution in [0.4, 0.5) is 0 Å². The molecule has 0 aliphatic heterocycles. The lowest BCUT2D eigenvalue weighted by Gasteiger charge is -2.19. The van der Waals surface area contributed by atoms with Gasteiger partial charge in [-0.2, -0.15) is 0 Å². The van der Waals surface area contributed by atoms with Crippen LogP contribution >= 0.6 is 0 Å². The number of rotatable bonds is 12. The summed E-state index contributed by atoms with van der Waals surface area (Å²) in [6, 6.07) is 12.1. The quantitative estimate of drug-likeness (QED) is 0.306. The highest BCUT2D eigenvalue weighted by Gasteiger charge is 2.28. The van der Waals surface area contributed by atoms with Crippen LogP contribution in [0, 0.1) is 0 Å². The zero-order valence-electron chi connectivity index (χ0n) is 21.8. The van der Waals surface area contributed by atoms with Crippen molar-refractivity contribution in [3.8, 4) is 23.0 Å². The summed E-state index contributed by atoms with van der Waals surface area (Å²) in [4.78, 5) is 40.8. The van der Waals surface area contributed by atoms with Crippen LogP contribution in [0.3, 0.4) is 0 Å². The Bertz CT molecular complexity index is 1320. The van der Waals surface area contributed by atoms with Crippen LogP contribution in [0.5, 0.6) is 23.0 Å². The van der Waals surface area contributed by atoms with E-state index < -0.39 is 23.2 Å². The molecule has 0 aliphatic carbocycles. The lowest BCUT2D eigenvalue weighted by molar-refractivity contribution is -0.121. The SMILES string of the molecule is CCOC(=O)c1c[nH]c(=O)c([C@H](CC(=O)NCc2ccc(OC)c(OCC)c2)c2ccc(OC)cc2)c1O. The first-order valence-electron chi connectivity index (χ1n) is 12.1. The van der Waals surface area contributed by atoms with Crippen LogP contribution in [0.15, 0.2) is 53.5 Å². The molecule has 0 unspecified atom stereocenters. The molecule has 1 heterocycles. The molecular weight excluding hydrogens is 492 g/mol. The molecule has 1 aromatic heterocycles. The van der Waals surface area contributed by atoms with Crippen molar-refractivity contribution in [2.45, 2.75) is 32.7 Å². The van der Waals surface area contributed by atoms with E-state index in [0.717, 1.165) is 11.8 Å². The van der Waals surface area contributed by atoms with Crippen molar-refractivity contribution < 1.29 is 33.6 Å². The first-order chi connectivity index (χ1) is 18.3. The predicted octanol–water partition coefficient (Wildman–Crippen LogP) is 3.51. The molecule has 0 fully saturated rings. The maximum absolute atomic E-state index is 13.1. The van der Waals surface area contributed by atoms with Crippen LogP contribution in [0.1, 0.15) is 53.2 Å². The zero-order valence-corrected chi connectivity index (χ0v) is 21.8. The second kappa shape index (κ2) is 13.2. The molecule has 0 saturated heterocycles. The normalized spacial score (nSPS) is 11.4. The Morgan fingerprint density at radius 1 is 1.00 bits per heavy atom. The second-order valence-corrected chi connectivity index (χ2v) is 8.24. The third-order valence-corrected chi connectivity index (χ3v) is 5.87. The van der Waals surface area contributed by atoms with Gasteiger partial charge in [-0.05, 0) is 49.2 Å². The topological polar surface area (TPSA) is 136 Å². The number of aromatic amines is 1. The Morgan fingerprint density at radius 3 is 2.37 bits per heavy atom. The van der Waals surface area contributed by atoms with Crippen molar-refractivity contribution in [3.63, 3.8) is 0 Å². The number of pyridine rings is 1. The Balaban J connectivity index is 1.91. The summed E-state index contributed by atoms with van der Waals surface area (Å²) in [5.74, 6) is -0.834. The van der Waals surface area contributed by atoms with Crippen molar-refractivity contribution in [1.82, 2.24) is 10.3 Å². The summed E-state index contributed by atoms with van der Waals surface area (Å²) in [6.45, 7) is 4.24. The number of ether oxygens (including phenoxy) is 4. The Hall–Kier alpha value is -4.47. The van der Waals surface area contributed by atoms with Crippen LogP contribution < -0.4 is 25.1 Å². The van der Waals surface area contributed by atoms with E-state index in [1.54, 1.807) is 50.4 Å². The van der Waals surface area contributed by atoms with E-state index in [1.807, 2.05) is 13.0 Å². The number of aromatic hydroxyl groups is 1. The largest absolute Gasteiger partial charge is 0.506 e. The molecule has 2 aromatic carbocycles. The average Bonchev–Trinajstić information content (AvgIpc) is 2.92. The fourth-order valence-electron chi connectivity index (χ4n) is 4.00. The van der Waals surface area contributed by atoms with Gasteiger partial charge in [-0.3, -0.25) is 9.59 Å².